The molecule has 0 saturated carbocycles. The Bertz CT molecular complexity index is 677. The van der Waals surface area contributed by atoms with Crippen molar-refractivity contribution in [3.8, 4) is 5.75 Å². The molecule has 29 heavy (non-hydrogen) atoms. The van der Waals surface area contributed by atoms with E-state index in [2.05, 4.69) is 42.4 Å². The second-order valence-electron chi connectivity index (χ2n) is 9.39. The molecule has 3 heterocycles. The van der Waals surface area contributed by atoms with Gasteiger partial charge >= 0.3 is 0 Å². The zero-order chi connectivity index (χ0) is 20.5. The first kappa shape index (κ1) is 20.9. The zero-order valence-corrected chi connectivity index (χ0v) is 18.3. The molecule has 3 fully saturated rings. The lowest BCUT2D eigenvalue weighted by molar-refractivity contribution is 0.00713. The average molecular weight is 406 g/mol. The van der Waals surface area contributed by atoms with Gasteiger partial charge in [-0.2, -0.15) is 0 Å². The van der Waals surface area contributed by atoms with Crippen LogP contribution in [0.4, 0.5) is 10.1 Å². The van der Waals surface area contributed by atoms with Crippen molar-refractivity contribution in [2.75, 3.05) is 44.3 Å². The molecule has 0 spiro atoms. The molecule has 5 nitrogen and oxygen atoms in total. The molecular weight excluding hydrogens is 369 g/mol. The Balaban J connectivity index is 1.47. The van der Waals surface area contributed by atoms with Crippen LogP contribution in [0.25, 0.3) is 0 Å². The largest absolute Gasteiger partial charge is 0.490 e. The number of piperazine rings is 1. The molecule has 162 valence electrons. The highest BCUT2D eigenvalue weighted by Gasteiger charge is 2.39. The molecule has 3 aliphatic rings. The van der Waals surface area contributed by atoms with Gasteiger partial charge in [0.05, 0.1) is 25.3 Å². The van der Waals surface area contributed by atoms with E-state index in [-0.39, 0.29) is 24.0 Å². The summed E-state index contributed by atoms with van der Waals surface area (Å²) in [5, 5.41) is 0. The van der Waals surface area contributed by atoms with Crippen LogP contribution in [0.2, 0.25) is 0 Å². The lowest BCUT2D eigenvalue weighted by Crippen LogP contribution is -2.65. The SMILES string of the molecule is CC(C)N1CCC(Oc2cc(F)cc(N3[C@@H]4COC[C@H]3CN(C(C)C)C4)c2)CC1. The first-order valence-corrected chi connectivity index (χ1v) is 11.2. The first-order valence-electron chi connectivity index (χ1n) is 11.2. The first-order chi connectivity index (χ1) is 13.9. The smallest absolute Gasteiger partial charge is 0.128 e. The van der Waals surface area contributed by atoms with Gasteiger partial charge < -0.3 is 19.3 Å². The molecule has 0 aromatic heterocycles. The minimum Gasteiger partial charge on any atom is -0.490 e. The fourth-order valence-corrected chi connectivity index (χ4v) is 5.01. The second kappa shape index (κ2) is 8.78. The van der Waals surface area contributed by atoms with Gasteiger partial charge in [-0.05, 0) is 46.6 Å². The summed E-state index contributed by atoms with van der Waals surface area (Å²) >= 11 is 0. The predicted octanol–water partition coefficient (Wildman–Crippen LogP) is 3.38. The standard InChI is InChI=1S/C23H36FN3O2/c1-16(2)25-7-5-22(6-8-25)29-23-10-18(24)9-19(11-23)27-20-12-26(17(3)4)13-21(27)15-28-14-20/h9-11,16-17,20-22H,5-8,12-15H2,1-4H3/t20-,21+. The number of likely N-dealkylation sites (tertiary alicyclic amines) is 1. The summed E-state index contributed by atoms with van der Waals surface area (Å²) in [4.78, 5) is 7.36. The average Bonchev–Trinajstić information content (AvgIpc) is 2.66. The van der Waals surface area contributed by atoms with Crippen LogP contribution in [0.1, 0.15) is 40.5 Å². The third-order valence-corrected chi connectivity index (χ3v) is 6.69. The Hall–Kier alpha value is -1.37. The molecule has 3 saturated heterocycles. The summed E-state index contributed by atoms with van der Waals surface area (Å²) < 4.78 is 26.6. The van der Waals surface area contributed by atoms with E-state index in [1.807, 2.05) is 6.07 Å². The van der Waals surface area contributed by atoms with Crippen molar-refractivity contribution in [3.63, 3.8) is 0 Å². The molecule has 1 aromatic carbocycles. The van der Waals surface area contributed by atoms with Crippen LogP contribution < -0.4 is 9.64 Å². The van der Waals surface area contributed by atoms with Crippen molar-refractivity contribution < 1.29 is 13.9 Å². The zero-order valence-electron chi connectivity index (χ0n) is 18.3. The maximum Gasteiger partial charge on any atom is 0.128 e. The quantitative estimate of drug-likeness (QED) is 0.749. The van der Waals surface area contributed by atoms with Crippen LogP contribution >= 0.6 is 0 Å². The van der Waals surface area contributed by atoms with Gasteiger partial charge in [0.25, 0.3) is 0 Å². The van der Waals surface area contributed by atoms with Crippen LogP contribution in [0.15, 0.2) is 18.2 Å². The lowest BCUT2D eigenvalue weighted by Gasteiger charge is -2.52. The molecule has 2 atom stereocenters. The second-order valence-corrected chi connectivity index (χ2v) is 9.39. The lowest BCUT2D eigenvalue weighted by atomic mass is 10.0. The summed E-state index contributed by atoms with van der Waals surface area (Å²) in [6, 6.07) is 6.84. The molecule has 0 unspecified atom stereocenters. The Morgan fingerprint density at radius 3 is 2.14 bits per heavy atom. The van der Waals surface area contributed by atoms with E-state index < -0.39 is 0 Å². The molecule has 0 aliphatic carbocycles. The summed E-state index contributed by atoms with van der Waals surface area (Å²) in [6.07, 6.45) is 2.16. The highest BCUT2D eigenvalue weighted by Crippen LogP contribution is 2.33. The number of halogens is 1. The number of nitrogens with zero attached hydrogens (tertiary/aromatic N) is 3. The normalized spacial score (nSPS) is 27.1. The summed E-state index contributed by atoms with van der Waals surface area (Å²) in [6.45, 7) is 14.3. The van der Waals surface area contributed by atoms with Crippen molar-refractivity contribution in [2.45, 2.75) is 70.8 Å². The van der Waals surface area contributed by atoms with Gasteiger partial charge in [-0.3, -0.25) is 4.90 Å². The number of anilines is 1. The van der Waals surface area contributed by atoms with Crippen LogP contribution in [0.3, 0.4) is 0 Å². The topological polar surface area (TPSA) is 28.2 Å². The van der Waals surface area contributed by atoms with Crippen molar-refractivity contribution in [2.24, 2.45) is 0 Å². The fourth-order valence-electron chi connectivity index (χ4n) is 5.01. The molecule has 0 radical (unpaired) electrons. The number of hydrogen-bond donors (Lipinski definition) is 0. The Kier molecular flexibility index (Phi) is 6.32. The molecule has 4 rings (SSSR count). The van der Waals surface area contributed by atoms with Crippen molar-refractivity contribution in [1.29, 1.82) is 0 Å². The van der Waals surface area contributed by atoms with Crippen LogP contribution in [0.5, 0.6) is 5.75 Å². The number of piperidine rings is 1. The third kappa shape index (κ3) is 4.70. The van der Waals surface area contributed by atoms with E-state index in [1.54, 1.807) is 6.07 Å². The van der Waals surface area contributed by atoms with Crippen molar-refractivity contribution in [3.05, 3.63) is 24.0 Å². The number of benzene rings is 1. The number of morpholine rings is 1. The Labute approximate surface area is 174 Å². The molecular formula is C23H36FN3O2. The molecule has 1 aromatic rings. The van der Waals surface area contributed by atoms with E-state index >= 15 is 0 Å². The maximum atomic E-state index is 14.5. The maximum absolute atomic E-state index is 14.5. The fraction of sp³-hybridized carbons (Fsp3) is 0.739. The Morgan fingerprint density at radius 2 is 1.55 bits per heavy atom. The van der Waals surface area contributed by atoms with E-state index in [0.717, 1.165) is 44.7 Å². The minimum absolute atomic E-state index is 0.167. The molecule has 6 heteroatoms. The molecule has 2 bridgehead atoms. The molecule has 0 amide bonds. The van der Waals surface area contributed by atoms with Crippen LogP contribution in [-0.2, 0) is 4.74 Å². The van der Waals surface area contributed by atoms with Gasteiger partial charge in [-0.25, -0.2) is 4.39 Å². The highest BCUT2D eigenvalue weighted by molar-refractivity contribution is 5.54. The van der Waals surface area contributed by atoms with Crippen molar-refractivity contribution >= 4 is 5.69 Å². The van der Waals surface area contributed by atoms with Gasteiger partial charge in [-0.15, -0.1) is 0 Å². The van der Waals surface area contributed by atoms with E-state index in [0.29, 0.717) is 31.0 Å². The number of hydrogen-bond acceptors (Lipinski definition) is 5. The minimum atomic E-state index is -0.220. The summed E-state index contributed by atoms with van der Waals surface area (Å²) in [5.74, 6) is 0.440. The van der Waals surface area contributed by atoms with Crippen LogP contribution in [-0.4, -0.2) is 79.5 Å². The number of rotatable bonds is 5. The van der Waals surface area contributed by atoms with E-state index in [4.69, 9.17) is 9.47 Å². The molecule has 0 N–H and O–H groups in total. The summed E-state index contributed by atoms with van der Waals surface area (Å²) in [7, 11) is 0. The Morgan fingerprint density at radius 1 is 0.931 bits per heavy atom. The predicted molar refractivity (Wildman–Crippen MR) is 114 cm³/mol. The van der Waals surface area contributed by atoms with E-state index in [9.17, 15) is 4.39 Å². The highest BCUT2D eigenvalue weighted by atomic mass is 19.1. The van der Waals surface area contributed by atoms with Gasteiger partial charge in [0.2, 0.25) is 0 Å². The third-order valence-electron chi connectivity index (χ3n) is 6.69. The van der Waals surface area contributed by atoms with Gasteiger partial charge in [0.1, 0.15) is 17.7 Å². The molecule has 3 aliphatic heterocycles. The number of fused-ring (bicyclic) bond motifs is 2. The van der Waals surface area contributed by atoms with Crippen LogP contribution in [0, 0.1) is 5.82 Å². The summed E-state index contributed by atoms with van der Waals surface area (Å²) in [5.41, 5.74) is 0.932. The van der Waals surface area contributed by atoms with Gasteiger partial charge in [-0.1, -0.05) is 0 Å². The number of ether oxygens (including phenoxy) is 2. The van der Waals surface area contributed by atoms with Crippen molar-refractivity contribution in [1.82, 2.24) is 9.80 Å². The van der Waals surface area contributed by atoms with Gasteiger partial charge in [0.15, 0.2) is 0 Å². The monoisotopic (exact) mass is 405 g/mol. The van der Waals surface area contributed by atoms with E-state index in [1.165, 1.54) is 6.07 Å². The van der Waals surface area contributed by atoms with Gasteiger partial charge in [0, 0.05) is 56.1 Å².